The molecule has 0 aromatic heterocycles. The summed E-state index contributed by atoms with van der Waals surface area (Å²) in [5, 5.41) is 0. The minimum atomic E-state index is -3.93. The minimum Gasteiger partial charge on any atom is -0.491 e. The first-order valence-electron chi connectivity index (χ1n) is 6.20. The third kappa shape index (κ3) is 12.1. The lowest BCUT2D eigenvalue weighted by molar-refractivity contribution is 0.112. The van der Waals surface area contributed by atoms with Gasteiger partial charge in [-0.15, -0.1) is 0 Å². The average Bonchev–Trinajstić information content (AvgIpc) is 2.52. The highest BCUT2D eigenvalue weighted by Gasteiger charge is 2.17. The Kier molecular flexibility index (Phi) is 10.2. The fraction of sp³-hybridized carbons (Fsp3) is 0.417. The van der Waals surface area contributed by atoms with Gasteiger partial charge in [-0.2, -0.15) is 0 Å². The Morgan fingerprint density at radius 3 is 1.96 bits per heavy atom. The molecule has 0 saturated carbocycles. The summed E-state index contributed by atoms with van der Waals surface area (Å²) in [6, 6.07) is 6.46. The highest BCUT2D eigenvalue weighted by Crippen LogP contribution is 2.41. The van der Waals surface area contributed by atoms with Crippen LogP contribution in [0.4, 0.5) is 0 Å². The fourth-order valence-electron chi connectivity index (χ4n) is 1.01. The third-order valence-electron chi connectivity index (χ3n) is 2.19. The summed E-state index contributed by atoms with van der Waals surface area (Å²) >= 11 is 0. The first kappa shape index (κ1) is 21.9. The van der Waals surface area contributed by atoms with Crippen molar-refractivity contribution in [2.24, 2.45) is 0 Å². The molecule has 11 heteroatoms. The van der Waals surface area contributed by atoms with Crippen molar-refractivity contribution in [3.05, 3.63) is 29.8 Å². The van der Waals surface area contributed by atoms with Crippen molar-refractivity contribution in [2.45, 2.75) is 0 Å². The summed E-state index contributed by atoms with van der Waals surface area (Å²) in [5.74, 6) is 0.546. The second kappa shape index (κ2) is 10.7. The molecule has 0 bridgehead atoms. The van der Waals surface area contributed by atoms with Crippen LogP contribution >= 0.6 is 15.4 Å². The first-order chi connectivity index (χ1) is 10.6. The normalized spacial score (nSPS) is 15.5. The predicted molar refractivity (Wildman–Crippen MR) is 82.9 cm³/mol. The van der Waals surface area contributed by atoms with Crippen LogP contribution in [0, 0.1) is 0 Å². The summed E-state index contributed by atoms with van der Waals surface area (Å²) in [7, 11) is -4.80. The Hall–Kier alpha value is -1.05. The molecule has 0 spiro atoms. The lowest BCUT2D eigenvalue weighted by Gasteiger charge is -2.10. The van der Waals surface area contributed by atoms with Gasteiger partial charge in [0.25, 0.3) is 0 Å². The van der Waals surface area contributed by atoms with E-state index >= 15 is 0 Å². The van der Waals surface area contributed by atoms with Gasteiger partial charge in [-0.25, -0.2) is 4.57 Å². The Morgan fingerprint density at radius 1 is 1.04 bits per heavy atom. The van der Waals surface area contributed by atoms with Gasteiger partial charge in [0.1, 0.15) is 18.6 Å². The van der Waals surface area contributed by atoms with E-state index in [9.17, 15) is 13.9 Å². The molecule has 2 unspecified atom stereocenters. The zero-order valence-electron chi connectivity index (χ0n) is 12.9. The lowest BCUT2D eigenvalue weighted by atomic mass is 10.2. The number of rotatable bonds is 8. The third-order valence-corrected chi connectivity index (χ3v) is 3.84. The van der Waals surface area contributed by atoms with Crippen LogP contribution in [0.3, 0.4) is 0 Å². The Labute approximate surface area is 134 Å². The van der Waals surface area contributed by atoms with Crippen LogP contribution in [0.1, 0.15) is 10.4 Å². The van der Waals surface area contributed by atoms with Gasteiger partial charge in [0.15, 0.2) is 0 Å². The molecule has 0 aliphatic carbocycles. The van der Waals surface area contributed by atoms with E-state index in [4.69, 9.17) is 14.5 Å². The summed E-state index contributed by atoms with van der Waals surface area (Å²) in [4.78, 5) is 27.5. The largest absolute Gasteiger partial charge is 0.491 e. The van der Waals surface area contributed by atoms with Gasteiger partial charge in [0.2, 0.25) is 0 Å². The number of hydrogen-bond acceptors (Lipinski definition) is 7. The van der Waals surface area contributed by atoms with Crippen molar-refractivity contribution in [1.82, 2.24) is 0 Å². The molecular formula is C12H20O9P2. The first-order valence-corrected chi connectivity index (χ1v) is 9.72. The molecule has 0 aliphatic heterocycles. The smallest absolute Gasteiger partial charge is 0.472 e. The van der Waals surface area contributed by atoms with Gasteiger partial charge < -0.3 is 19.0 Å². The van der Waals surface area contributed by atoms with Crippen molar-refractivity contribution in [1.29, 1.82) is 0 Å². The maximum Gasteiger partial charge on any atom is 0.472 e. The molecule has 0 radical (unpaired) electrons. The van der Waals surface area contributed by atoms with Crippen molar-refractivity contribution in [3.8, 4) is 5.75 Å². The topological polar surface area (TPSA) is 129 Å². The molecule has 1 aromatic rings. The lowest BCUT2D eigenvalue weighted by Crippen LogP contribution is -2.06. The number of carbonyl (C=O) groups excluding carboxylic acids is 1. The molecule has 0 aliphatic rings. The molecule has 23 heavy (non-hydrogen) atoms. The zero-order valence-corrected chi connectivity index (χ0v) is 14.7. The zero-order chi connectivity index (χ0) is 17.9. The predicted octanol–water partition coefficient (Wildman–Crippen LogP) is 2.09. The van der Waals surface area contributed by atoms with Crippen molar-refractivity contribution < 1.29 is 42.0 Å². The summed E-state index contributed by atoms with van der Waals surface area (Å²) in [5.41, 5.74) is 0.549. The molecule has 1 aromatic carbocycles. The van der Waals surface area contributed by atoms with Crippen LogP contribution in [-0.2, 0) is 22.7 Å². The van der Waals surface area contributed by atoms with Gasteiger partial charge in [-0.05, 0) is 24.3 Å². The average molecular weight is 370 g/mol. The van der Waals surface area contributed by atoms with E-state index in [0.29, 0.717) is 11.3 Å². The SMILES string of the molecule is COP(=O)(O)OCCOc1ccc(C=O)cc1.COP(C)(=O)O. The molecule has 0 amide bonds. The van der Waals surface area contributed by atoms with Gasteiger partial charge in [-0.3, -0.25) is 18.4 Å². The van der Waals surface area contributed by atoms with Crippen LogP contribution < -0.4 is 4.74 Å². The van der Waals surface area contributed by atoms with Crippen molar-refractivity contribution >= 4 is 21.7 Å². The second-order valence-corrected chi connectivity index (χ2v) is 7.54. The molecule has 9 nitrogen and oxygen atoms in total. The van der Waals surface area contributed by atoms with E-state index in [1.807, 2.05) is 0 Å². The molecule has 0 fully saturated rings. The number of hydrogen-bond donors (Lipinski definition) is 2. The Balaban J connectivity index is 0.000000688. The quantitative estimate of drug-likeness (QED) is 0.401. The summed E-state index contributed by atoms with van der Waals surface area (Å²) < 4.78 is 38.8. The van der Waals surface area contributed by atoms with Gasteiger partial charge >= 0.3 is 15.4 Å². The van der Waals surface area contributed by atoms with Crippen LogP contribution in [0.2, 0.25) is 0 Å². The number of aldehydes is 1. The van der Waals surface area contributed by atoms with Crippen molar-refractivity contribution in [3.63, 3.8) is 0 Å². The summed E-state index contributed by atoms with van der Waals surface area (Å²) in [6.45, 7) is 1.17. The fourth-order valence-corrected chi connectivity index (χ4v) is 1.42. The molecule has 0 saturated heterocycles. The van der Waals surface area contributed by atoms with E-state index in [-0.39, 0.29) is 13.2 Å². The Morgan fingerprint density at radius 2 is 1.57 bits per heavy atom. The van der Waals surface area contributed by atoms with E-state index in [1.54, 1.807) is 24.3 Å². The maximum atomic E-state index is 10.9. The molecule has 2 N–H and O–H groups in total. The molecule has 0 heterocycles. The number of ether oxygens (including phenoxy) is 1. The second-order valence-electron chi connectivity index (χ2n) is 4.01. The molecule has 1 rings (SSSR count). The van der Waals surface area contributed by atoms with E-state index in [2.05, 4.69) is 13.6 Å². The number of carbonyl (C=O) groups is 1. The van der Waals surface area contributed by atoms with Gasteiger partial charge in [0, 0.05) is 26.4 Å². The molecular weight excluding hydrogens is 350 g/mol. The number of benzene rings is 1. The van der Waals surface area contributed by atoms with Crippen LogP contribution in [-0.4, -0.2) is 50.2 Å². The number of phosphoric acid groups is 1. The van der Waals surface area contributed by atoms with E-state index in [1.165, 1.54) is 7.11 Å². The van der Waals surface area contributed by atoms with Crippen LogP contribution in [0.5, 0.6) is 5.75 Å². The van der Waals surface area contributed by atoms with Crippen LogP contribution in [0.15, 0.2) is 24.3 Å². The Bertz CT molecular complexity index is 552. The van der Waals surface area contributed by atoms with E-state index < -0.39 is 15.4 Å². The standard InChI is InChI=1S/C10H13O6P.C2H7O3P/c1-14-17(12,13)16-7-6-15-10-4-2-9(8-11)3-5-10;1-5-6(2,3)4/h2-5,8H,6-7H2,1H3,(H,12,13);1-2H3,(H,3,4). The highest BCUT2D eigenvalue weighted by atomic mass is 31.2. The monoisotopic (exact) mass is 370 g/mol. The van der Waals surface area contributed by atoms with Crippen molar-refractivity contribution in [2.75, 3.05) is 34.1 Å². The number of phosphoric ester groups is 1. The molecule has 2 atom stereocenters. The van der Waals surface area contributed by atoms with Gasteiger partial charge in [-0.1, -0.05) is 0 Å². The highest BCUT2D eigenvalue weighted by molar-refractivity contribution is 7.51. The minimum absolute atomic E-state index is 0.0724. The van der Waals surface area contributed by atoms with Crippen LogP contribution in [0.25, 0.3) is 0 Å². The molecule has 132 valence electrons. The van der Waals surface area contributed by atoms with E-state index in [0.717, 1.165) is 20.1 Å². The van der Waals surface area contributed by atoms with Gasteiger partial charge in [0.05, 0.1) is 6.61 Å². The summed E-state index contributed by atoms with van der Waals surface area (Å²) in [6.07, 6.45) is 0.730. The maximum absolute atomic E-state index is 10.9.